The van der Waals surface area contributed by atoms with Crippen LogP contribution in [0.25, 0.3) is 0 Å². The van der Waals surface area contributed by atoms with E-state index < -0.39 is 0 Å². The number of H-pyrrole nitrogens is 1. The van der Waals surface area contributed by atoms with Crippen LogP contribution in [-0.4, -0.2) is 32.8 Å². The lowest BCUT2D eigenvalue weighted by Crippen LogP contribution is -2.31. The molecule has 0 aromatic carbocycles. The number of hydrogen-bond acceptors (Lipinski definition) is 6. The number of rotatable bonds is 4. The first kappa shape index (κ1) is 14.3. The van der Waals surface area contributed by atoms with E-state index in [1.54, 1.807) is 0 Å². The van der Waals surface area contributed by atoms with Crippen molar-refractivity contribution in [1.29, 1.82) is 0 Å². The fraction of sp³-hybridized carbons (Fsp3) is 0.562. The van der Waals surface area contributed by atoms with Crippen LogP contribution in [0, 0.1) is 0 Å². The van der Waals surface area contributed by atoms with Gasteiger partial charge in [-0.3, -0.25) is 5.10 Å². The Hall–Kier alpha value is -2.31. The third-order valence-corrected chi connectivity index (χ3v) is 4.50. The summed E-state index contributed by atoms with van der Waals surface area (Å²) in [5, 5.41) is 11.1. The molecule has 0 unspecified atom stereocenters. The van der Waals surface area contributed by atoms with E-state index in [0.29, 0.717) is 17.9 Å². The lowest BCUT2D eigenvalue weighted by atomic mass is 9.99. The SMILES string of the molecule is CC(C)c1n[nH]c2c1CN(c1cc(NC3CC3)nc(N)n1)CC2. The highest BCUT2D eigenvalue weighted by Gasteiger charge is 2.26. The first-order valence-corrected chi connectivity index (χ1v) is 8.32. The maximum atomic E-state index is 5.91. The third-order valence-electron chi connectivity index (χ3n) is 4.50. The minimum absolute atomic E-state index is 0.327. The number of fused-ring (bicyclic) bond motifs is 1. The molecule has 0 amide bonds. The normalized spacial score (nSPS) is 17.4. The monoisotopic (exact) mass is 313 g/mol. The smallest absolute Gasteiger partial charge is 0.223 e. The van der Waals surface area contributed by atoms with E-state index in [0.717, 1.165) is 36.8 Å². The number of anilines is 3. The van der Waals surface area contributed by atoms with Crippen molar-refractivity contribution in [3.63, 3.8) is 0 Å². The van der Waals surface area contributed by atoms with Crippen molar-refractivity contribution >= 4 is 17.6 Å². The molecule has 2 aliphatic rings. The van der Waals surface area contributed by atoms with Crippen LogP contribution in [0.4, 0.5) is 17.6 Å². The first-order chi connectivity index (χ1) is 11.1. The Kier molecular flexibility index (Phi) is 3.36. The maximum absolute atomic E-state index is 5.91. The minimum Gasteiger partial charge on any atom is -0.368 e. The van der Waals surface area contributed by atoms with E-state index >= 15 is 0 Å². The number of nitrogens with zero attached hydrogens (tertiary/aromatic N) is 4. The minimum atomic E-state index is 0.327. The van der Waals surface area contributed by atoms with Crippen LogP contribution in [-0.2, 0) is 13.0 Å². The Bertz CT molecular complexity index is 717. The molecule has 0 bridgehead atoms. The molecule has 0 saturated heterocycles. The van der Waals surface area contributed by atoms with E-state index in [9.17, 15) is 0 Å². The fourth-order valence-electron chi connectivity index (χ4n) is 3.12. The lowest BCUT2D eigenvalue weighted by Gasteiger charge is -2.28. The maximum Gasteiger partial charge on any atom is 0.223 e. The zero-order valence-electron chi connectivity index (χ0n) is 13.6. The van der Waals surface area contributed by atoms with Crippen LogP contribution >= 0.6 is 0 Å². The number of nitrogens with two attached hydrogens (primary N) is 1. The van der Waals surface area contributed by atoms with Crippen molar-refractivity contribution in [1.82, 2.24) is 20.2 Å². The van der Waals surface area contributed by atoms with E-state index in [2.05, 4.69) is 44.2 Å². The molecule has 3 heterocycles. The van der Waals surface area contributed by atoms with E-state index in [4.69, 9.17) is 5.73 Å². The predicted octanol–water partition coefficient (Wildman–Crippen LogP) is 2.04. The van der Waals surface area contributed by atoms with Crippen molar-refractivity contribution in [2.75, 3.05) is 22.5 Å². The highest BCUT2D eigenvalue weighted by Crippen LogP contribution is 2.30. The van der Waals surface area contributed by atoms with Crippen LogP contribution in [0.5, 0.6) is 0 Å². The molecule has 1 fully saturated rings. The summed E-state index contributed by atoms with van der Waals surface area (Å²) >= 11 is 0. The van der Waals surface area contributed by atoms with Crippen molar-refractivity contribution in [3.8, 4) is 0 Å². The zero-order valence-corrected chi connectivity index (χ0v) is 13.6. The summed E-state index contributed by atoms with van der Waals surface area (Å²) in [4.78, 5) is 11.0. The molecule has 1 aliphatic carbocycles. The molecule has 4 rings (SSSR count). The van der Waals surface area contributed by atoms with E-state index in [-0.39, 0.29) is 0 Å². The molecule has 7 nitrogen and oxygen atoms in total. The Morgan fingerprint density at radius 3 is 2.91 bits per heavy atom. The molecule has 0 spiro atoms. The molecule has 0 atom stereocenters. The number of hydrogen-bond donors (Lipinski definition) is 3. The number of aromatic amines is 1. The summed E-state index contributed by atoms with van der Waals surface area (Å²) in [6.45, 7) is 6.08. The Labute approximate surface area is 135 Å². The lowest BCUT2D eigenvalue weighted by molar-refractivity contribution is 0.701. The molecular weight excluding hydrogens is 290 g/mol. The van der Waals surface area contributed by atoms with Gasteiger partial charge in [0.1, 0.15) is 11.6 Å². The van der Waals surface area contributed by atoms with E-state index in [1.807, 2.05) is 6.07 Å². The summed E-state index contributed by atoms with van der Waals surface area (Å²) in [5.41, 5.74) is 9.62. The third kappa shape index (κ3) is 2.83. The molecule has 2 aromatic rings. The van der Waals surface area contributed by atoms with Crippen LogP contribution in [0.1, 0.15) is 49.6 Å². The molecule has 1 saturated carbocycles. The van der Waals surface area contributed by atoms with Crippen molar-refractivity contribution in [3.05, 3.63) is 23.0 Å². The Morgan fingerprint density at radius 1 is 1.35 bits per heavy atom. The quantitative estimate of drug-likeness (QED) is 0.799. The van der Waals surface area contributed by atoms with Gasteiger partial charge in [0.15, 0.2) is 0 Å². The van der Waals surface area contributed by atoms with Crippen molar-refractivity contribution in [2.45, 2.75) is 51.6 Å². The summed E-state index contributed by atoms with van der Waals surface area (Å²) in [6, 6.07) is 2.56. The highest BCUT2D eigenvalue weighted by molar-refractivity contribution is 5.55. The Balaban J connectivity index is 1.61. The van der Waals surface area contributed by atoms with Crippen LogP contribution < -0.4 is 16.0 Å². The second kappa shape index (κ2) is 5.40. The second-order valence-corrected chi connectivity index (χ2v) is 6.78. The van der Waals surface area contributed by atoms with Crippen LogP contribution in [0.15, 0.2) is 6.07 Å². The topological polar surface area (TPSA) is 95.8 Å². The number of nitrogens with one attached hydrogen (secondary N) is 2. The number of nitrogen functional groups attached to an aromatic ring is 1. The van der Waals surface area contributed by atoms with Gasteiger partial charge in [0.05, 0.1) is 5.69 Å². The molecule has 122 valence electrons. The average molecular weight is 313 g/mol. The van der Waals surface area contributed by atoms with Gasteiger partial charge in [0.25, 0.3) is 0 Å². The second-order valence-electron chi connectivity index (χ2n) is 6.78. The summed E-state index contributed by atoms with van der Waals surface area (Å²) in [7, 11) is 0. The van der Waals surface area contributed by atoms with Gasteiger partial charge in [0, 0.05) is 42.9 Å². The standard InChI is InChI=1S/C16H23N7/c1-9(2)15-11-8-23(6-5-12(11)21-22-15)14-7-13(18-10-3-4-10)19-16(17)20-14/h7,9-10H,3-6,8H2,1-2H3,(H,21,22)(H3,17,18,19,20). The summed E-state index contributed by atoms with van der Waals surface area (Å²) in [6.07, 6.45) is 3.36. The molecule has 0 radical (unpaired) electrons. The largest absolute Gasteiger partial charge is 0.368 e. The van der Waals surface area contributed by atoms with Gasteiger partial charge in [-0.15, -0.1) is 0 Å². The van der Waals surface area contributed by atoms with Crippen molar-refractivity contribution < 1.29 is 0 Å². The number of aromatic nitrogens is 4. The average Bonchev–Trinajstić information content (AvgIpc) is 3.21. The van der Waals surface area contributed by atoms with Gasteiger partial charge in [-0.1, -0.05) is 13.8 Å². The van der Waals surface area contributed by atoms with Gasteiger partial charge in [0.2, 0.25) is 5.95 Å². The van der Waals surface area contributed by atoms with Gasteiger partial charge in [-0.2, -0.15) is 15.1 Å². The molecular formula is C16H23N7. The van der Waals surface area contributed by atoms with E-state index in [1.165, 1.54) is 24.1 Å². The molecule has 2 aromatic heterocycles. The molecule has 1 aliphatic heterocycles. The molecule has 4 N–H and O–H groups in total. The highest BCUT2D eigenvalue weighted by atomic mass is 15.2. The predicted molar refractivity (Wildman–Crippen MR) is 90.5 cm³/mol. The van der Waals surface area contributed by atoms with Gasteiger partial charge in [-0.25, -0.2) is 0 Å². The molecule has 7 heteroatoms. The zero-order chi connectivity index (χ0) is 16.0. The van der Waals surface area contributed by atoms with Crippen LogP contribution in [0.3, 0.4) is 0 Å². The van der Waals surface area contributed by atoms with Gasteiger partial charge >= 0.3 is 0 Å². The van der Waals surface area contributed by atoms with Crippen LogP contribution in [0.2, 0.25) is 0 Å². The van der Waals surface area contributed by atoms with Crippen molar-refractivity contribution in [2.24, 2.45) is 0 Å². The first-order valence-electron chi connectivity index (χ1n) is 8.32. The fourth-order valence-corrected chi connectivity index (χ4v) is 3.12. The van der Waals surface area contributed by atoms with Gasteiger partial charge < -0.3 is 16.0 Å². The Morgan fingerprint density at radius 2 is 2.17 bits per heavy atom. The summed E-state index contributed by atoms with van der Waals surface area (Å²) < 4.78 is 0. The summed E-state index contributed by atoms with van der Waals surface area (Å²) in [5.74, 6) is 2.46. The van der Waals surface area contributed by atoms with Gasteiger partial charge in [-0.05, 0) is 18.8 Å². The molecule has 23 heavy (non-hydrogen) atoms.